The van der Waals surface area contributed by atoms with Crippen LogP contribution >= 0.6 is 0 Å². The third kappa shape index (κ3) is 4.37. The SMILES string of the molecule is CN(CC(N)=O)C(=O)c1ccc2c(S(C)=O)cn(-c3ncc(-c4ccccc4F)cn3)c2c1. The van der Waals surface area contributed by atoms with Crippen LogP contribution in [-0.4, -0.2) is 55.3 Å². The molecule has 10 heteroatoms. The second kappa shape index (κ2) is 8.91. The van der Waals surface area contributed by atoms with Crippen molar-refractivity contribution in [1.29, 1.82) is 0 Å². The number of primary amides is 1. The topological polar surface area (TPSA) is 111 Å². The highest BCUT2D eigenvalue weighted by Crippen LogP contribution is 2.28. The zero-order valence-corrected chi connectivity index (χ0v) is 18.7. The minimum absolute atomic E-state index is 0.220. The maximum atomic E-state index is 14.1. The molecule has 0 saturated heterocycles. The first-order valence-corrected chi connectivity index (χ1v) is 11.4. The van der Waals surface area contributed by atoms with Gasteiger partial charge in [0.25, 0.3) is 5.91 Å². The Hall–Kier alpha value is -3.92. The fourth-order valence-electron chi connectivity index (χ4n) is 3.53. The van der Waals surface area contributed by atoms with Crippen molar-refractivity contribution in [2.45, 2.75) is 4.90 Å². The smallest absolute Gasteiger partial charge is 0.254 e. The molecular formula is C23H20FN5O3S. The predicted molar refractivity (Wildman–Crippen MR) is 123 cm³/mol. The van der Waals surface area contributed by atoms with Crippen LogP contribution in [-0.2, 0) is 15.6 Å². The summed E-state index contributed by atoms with van der Waals surface area (Å²) in [6.07, 6.45) is 6.22. The molecule has 2 heterocycles. The molecular weight excluding hydrogens is 445 g/mol. The summed E-state index contributed by atoms with van der Waals surface area (Å²) in [5, 5.41) is 0.673. The highest BCUT2D eigenvalue weighted by Gasteiger charge is 2.19. The van der Waals surface area contributed by atoms with Crippen molar-refractivity contribution in [3.05, 3.63) is 72.4 Å². The maximum Gasteiger partial charge on any atom is 0.254 e. The van der Waals surface area contributed by atoms with E-state index in [4.69, 9.17) is 5.73 Å². The monoisotopic (exact) mass is 465 g/mol. The molecule has 2 aromatic carbocycles. The van der Waals surface area contributed by atoms with E-state index >= 15 is 0 Å². The van der Waals surface area contributed by atoms with Gasteiger partial charge in [0, 0.05) is 54.0 Å². The van der Waals surface area contributed by atoms with Crippen LogP contribution in [0.1, 0.15) is 10.4 Å². The van der Waals surface area contributed by atoms with Crippen LogP contribution in [0.15, 0.2) is 66.0 Å². The fourth-order valence-corrected chi connectivity index (χ4v) is 4.27. The van der Waals surface area contributed by atoms with Crippen LogP contribution in [0, 0.1) is 5.82 Å². The van der Waals surface area contributed by atoms with Crippen molar-refractivity contribution >= 4 is 33.5 Å². The standard InChI is InChI=1S/C23H20FN5O3S/c1-28(13-21(25)30)22(31)14-7-8-17-19(9-14)29(12-20(17)33(2)32)23-26-10-15(11-27-23)16-5-3-4-6-18(16)24/h3-12H,13H2,1-2H3,(H2,25,30). The van der Waals surface area contributed by atoms with Crippen LogP contribution in [0.3, 0.4) is 0 Å². The van der Waals surface area contributed by atoms with Crippen molar-refractivity contribution < 1.29 is 18.2 Å². The van der Waals surface area contributed by atoms with Crippen LogP contribution in [0.25, 0.3) is 28.0 Å². The summed E-state index contributed by atoms with van der Waals surface area (Å²) in [6.45, 7) is -0.220. The largest absolute Gasteiger partial charge is 0.368 e. The van der Waals surface area contributed by atoms with Gasteiger partial charge < -0.3 is 10.6 Å². The van der Waals surface area contributed by atoms with Gasteiger partial charge in [0.2, 0.25) is 11.9 Å². The molecule has 0 fully saturated rings. The molecule has 0 bridgehead atoms. The Balaban J connectivity index is 1.79. The number of amides is 2. The first-order valence-electron chi connectivity index (χ1n) is 9.86. The van der Waals surface area contributed by atoms with E-state index in [1.807, 2.05) is 0 Å². The normalized spacial score (nSPS) is 12.0. The Morgan fingerprint density at radius 1 is 1.15 bits per heavy atom. The Labute approximate surface area is 191 Å². The van der Waals surface area contributed by atoms with E-state index in [-0.39, 0.29) is 18.3 Å². The Bertz CT molecular complexity index is 1400. The molecule has 0 saturated carbocycles. The summed E-state index contributed by atoms with van der Waals surface area (Å²) in [5.41, 5.74) is 6.97. The fraction of sp³-hybridized carbons (Fsp3) is 0.130. The number of hydrogen-bond donors (Lipinski definition) is 1. The molecule has 0 radical (unpaired) electrons. The number of nitrogens with two attached hydrogens (primary N) is 1. The number of likely N-dealkylation sites (N-methyl/N-ethyl adjacent to an activating group) is 1. The Morgan fingerprint density at radius 3 is 2.48 bits per heavy atom. The summed E-state index contributed by atoms with van der Waals surface area (Å²) in [6, 6.07) is 11.2. The van der Waals surface area contributed by atoms with Crippen LogP contribution in [0.4, 0.5) is 4.39 Å². The molecule has 0 aliphatic rings. The molecule has 1 unspecified atom stereocenters. The van der Waals surface area contributed by atoms with Crippen molar-refractivity contribution in [2.24, 2.45) is 5.73 Å². The average Bonchev–Trinajstić information content (AvgIpc) is 3.18. The van der Waals surface area contributed by atoms with Gasteiger partial charge in [-0.1, -0.05) is 24.3 Å². The number of carbonyl (C=O) groups excluding carboxylic acids is 2. The van der Waals surface area contributed by atoms with Gasteiger partial charge in [0.1, 0.15) is 5.82 Å². The minimum Gasteiger partial charge on any atom is -0.368 e. The van der Waals surface area contributed by atoms with Gasteiger partial charge in [-0.05, 0) is 18.2 Å². The zero-order valence-electron chi connectivity index (χ0n) is 17.9. The molecule has 4 aromatic rings. The minimum atomic E-state index is -1.31. The first-order chi connectivity index (χ1) is 15.8. The van der Waals surface area contributed by atoms with Gasteiger partial charge >= 0.3 is 0 Å². The summed E-state index contributed by atoms with van der Waals surface area (Å²) < 4.78 is 28.0. The second-order valence-electron chi connectivity index (χ2n) is 7.43. The van der Waals surface area contributed by atoms with E-state index in [1.54, 1.807) is 53.4 Å². The third-order valence-electron chi connectivity index (χ3n) is 5.10. The van der Waals surface area contributed by atoms with E-state index < -0.39 is 22.6 Å². The number of rotatable bonds is 6. The summed E-state index contributed by atoms with van der Waals surface area (Å²) in [5.74, 6) is -1.13. The van der Waals surface area contributed by atoms with Crippen molar-refractivity contribution in [3.63, 3.8) is 0 Å². The lowest BCUT2D eigenvalue weighted by molar-refractivity contribution is -0.118. The molecule has 4 rings (SSSR count). The quantitative estimate of drug-likeness (QED) is 0.470. The van der Waals surface area contributed by atoms with Crippen molar-refractivity contribution in [2.75, 3.05) is 19.8 Å². The molecule has 1 atom stereocenters. The van der Waals surface area contributed by atoms with E-state index in [2.05, 4.69) is 9.97 Å². The molecule has 33 heavy (non-hydrogen) atoms. The lowest BCUT2D eigenvalue weighted by Gasteiger charge is -2.15. The molecule has 2 aromatic heterocycles. The number of aromatic nitrogens is 3. The van der Waals surface area contributed by atoms with Crippen molar-refractivity contribution in [1.82, 2.24) is 19.4 Å². The average molecular weight is 466 g/mol. The van der Waals surface area contributed by atoms with Crippen LogP contribution < -0.4 is 5.73 Å². The van der Waals surface area contributed by atoms with Crippen LogP contribution in [0.5, 0.6) is 0 Å². The highest BCUT2D eigenvalue weighted by molar-refractivity contribution is 7.84. The van der Waals surface area contributed by atoms with Gasteiger partial charge in [0.15, 0.2) is 0 Å². The zero-order chi connectivity index (χ0) is 23.7. The van der Waals surface area contributed by atoms with E-state index in [9.17, 15) is 18.2 Å². The van der Waals surface area contributed by atoms with E-state index in [0.29, 0.717) is 32.5 Å². The Morgan fingerprint density at radius 2 is 1.85 bits per heavy atom. The summed E-state index contributed by atoms with van der Waals surface area (Å²) in [4.78, 5) is 34.4. The summed E-state index contributed by atoms with van der Waals surface area (Å²) >= 11 is 0. The molecule has 8 nitrogen and oxygen atoms in total. The molecule has 0 aliphatic heterocycles. The first kappa shape index (κ1) is 22.3. The van der Waals surface area contributed by atoms with Gasteiger partial charge in [-0.15, -0.1) is 0 Å². The van der Waals surface area contributed by atoms with Gasteiger partial charge in [-0.2, -0.15) is 0 Å². The Kier molecular flexibility index (Phi) is 6.01. The molecule has 0 spiro atoms. The predicted octanol–water partition coefficient (Wildman–Crippen LogP) is 2.52. The van der Waals surface area contributed by atoms with Gasteiger partial charge in [-0.3, -0.25) is 18.4 Å². The highest BCUT2D eigenvalue weighted by atomic mass is 32.2. The lowest BCUT2D eigenvalue weighted by atomic mass is 10.1. The number of hydrogen-bond acceptors (Lipinski definition) is 5. The molecule has 0 aliphatic carbocycles. The van der Waals surface area contributed by atoms with Gasteiger partial charge in [0.05, 0.1) is 27.8 Å². The molecule has 2 amide bonds. The number of fused-ring (bicyclic) bond motifs is 1. The maximum absolute atomic E-state index is 14.1. The number of nitrogens with zero attached hydrogens (tertiary/aromatic N) is 4. The lowest BCUT2D eigenvalue weighted by Crippen LogP contribution is -2.35. The number of carbonyl (C=O) groups is 2. The second-order valence-corrected chi connectivity index (χ2v) is 8.78. The molecule has 168 valence electrons. The number of benzene rings is 2. The summed E-state index contributed by atoms with van der Waals surface area (Å²) in [7, 11) is 0.170. The van der Waals surface area contributed by atoms with Crippen LogP contribution in [0.2, 0.25) is 0 Å². The number of halogens is 1. The van der Waals surface area contributed by atoms with E-state index in [1.165, 1.54) is 30.4 Å². The molecule has 2 N–H and O–H groups in total. The van der Waals surface area contributed by atoms with Gasteiger partial charge in [-0.25, -0.2) is 14.4 Å². The third-order valence-corrected chi connectivity index (χ3v) is 6.05. The van der Waals surface area contributed by atoms with Crippen molar-refractivity contribution in [3.8, 4) is 17.1 Å². The van der Waals surface area contributed by atoms with E-state index in [0.717, 1.165) is 0 Å².